The third-order valence-corrected chi connectivity index (χ3v) is 11.3. The Morgan fingerprint density at radius 2 is 1.42 bits per heavy atom. The van der Waals surface area contributed by atoms with Crippen LogP contribution in [0.3, 0.4) is 0 Å². The van der Waals surface area contributed by atoms with E-state index in [1.54, 1.807) is 6.20 Å². The number of hydrogen-bond acceptors (Lipinski definition) is 8. The van der Waals surface area contributed by atoms with Crippen LogP contribution < -0.4 is 16.1 Å². The quantitative estimate of drug-likeness (QED) is 0.134. The molecular formula is C42H59N7O6. The first-order valence-corrected chi connectivity index (χ1v) is 19.7. The third kappa shape index (κ3) is 9.86. The van der Waals surface area contributed by atoms with Crippen LogP contribution in [0.5, 0.6) is 0 Å². The van der Waals surface area contributed by atoms with Gasteiger partial charge in [0.05, 0.1) is 38.2 Å². The molecule has 1 unspecified atom stereocenters. The lowest BCUT2D eigenvalue weighted by atomic mass is 9.74. The van der Waals surface area contributed by atoms with Crippen molar-refractivity contribution in [3.8, 4) is 22.4 Å². The molecule has 1 aliphatic carbocycles. The van der Waals surface area contributed by atoms with Crippen LogP contribution in [0.25, 0.3) is 22.4 Å². The number of rotatable bonds is 13. The number of carbonyl (C=O) groups is 4. The fraction of sp³-hybridized carbons (Fsp3) is 0.548. The van der Waals surface area contributed by atoms with Gasteiger partial charge < -0.3 is 30.0 Å². The van der Waals surface area contributed by atoms with Crippen molar-refractivity contribution in [3.05, 3.63) is 66.1 Å². The van der Waals surface area contributed by atoms with E-state index < -0.39 is 18.2 Å². The van der Waals surface area contributed by atoms with Gasteiger partial charge in [-0.15, -0.1) is 0 Å². The Morgan fingerprint density at radius 1 is 0.800 bits per heavy atom. The number of H-pyrrole nitrogens is 1. The van der Waals surface area contributed by atoms with Crippen molar-refractivity contribution in [1.29, 1.82) is 0 Å². The molecule has 1 saturated heterocycles. The molecule has 1 saturated carbocycles. The van der Waals surface area contributed by atoms with E-state index in [2.05, 4.69) is 81.5 Å². The van der Waals surface area contributed by atoms with Crippen LogP contribution in [0.1, 0.15) is 104 Å². The molecule has 2 aliphatic rings. The molecule has 1 aliphatic heterocycles. The topological polar surface area (TPSA) is 158 Å². The van der Waals surface area contributed by atoms with E-state index in [1.807, 2.05) is 44.5 Å². The first-order valence-electron chi connectivity index (χ1n) is 19.7. The molecule has 5 rings (SSSR count). The average molecular weight is 758 g/mol. The summed E-state index contributed by atoms with van der Waals surface area (Å²) in [7, 11) is 2.64. The summed E-state index contributed by atoms with van der Waals surface area (Å²) in [6, 6.07) is 15.5. The molecule has 1 aromatic heterocycles. The predicted octanol–water partition coefficient (Wildman–Crippen LogP) is 7.14. The molecule has 13 heteroatoms. The average Bonchev–Trinajstić information content (AvgIpc) is 3.89. The highest BCUT2D eigenvalue weighted by atomic mass is 16.5. The summed E-state index contributed by atoms with van der Waals surface area (Å²) in [5.74, 6) is 0.483. The monoisotopic (exact) mass is 757 g/mol. The molecule has 3 aromatic rings. The van der Waals surface area contributed by atoms with Gasteiger partial charge in [-0.05, 0) is 87.5 Å². The van der Waals surface area contributed by atoms with Crippen molar-refractivity contribution < 1.29 is 28.7 Å². The molecule has 0 bridgehead atoms. The number of benzene rings is 2. The Labute approximate surface area is 325 Å². The molecule has 298 valence electrons. The highest BCUT2D eigenvalue weighted by Crippen LogP contribution is 2.36. The Morgan fingerprint density at radius 3 is 2.04 bits per heavy atom. The summed E-state index contributed by atoms with van der Waals surface area (Å²) < 4.78 is 9.61. The number of methoxy groups -OCH3 is 2. The van der Waals surface area contributed by atoms with Crippen LogP contribution >= 0.6 is 0 Å². The zero-order valence-corrected chi connectivity index (χ0v) is 33.6. The van der Waals surface area contributed by atoms with Crippen molar-refractivity contribution in [2.45, 2.75) is 110 Å². The van der Waals surface area contributed by atoms with Gasteiger partial charge in [0.1, 0.15) is 11.9 Å². The van der Waals surface area contributed by atoms with Crippen LogP contribution in [0.2, 0.25) is 0 Å². The summed E-state index contributed by atoms with van der Waals surface area (Å²) in [5.41, 5.74) is 7.85. The summed E-state index contributed by atoms with van der Waals surface area (Å²) in [6.45, 7) is 12.5. The van der Waals surface area contributed by atoms with Crippen molar-refractivity contribution >= 4 is 24.0 Å². The first-order chi connectivity index (χ1) is 26.3. The van der Waals surface area contributed by atoms with Crippen LogP contribution in [-0.2, 0) is 19.1 Å². The minimum Gasteiger partial charge on any atom is -0.453 e. The second-order valence-electron chi connectivity index (χ2n) is 15.6. The second-order valence-corrected chi connectivity index (χ2v) is 15.6. The number of likely N-dealkylation sites (tertiary alicyclic amines) is 1. The number of carbonyl (C=O) groups excluding carboxylic acids is 4. The summed E-state index contributed by atoms with van der Waals surface area (Å²) in [6.07, 6.45) is 6.12. The van der Waals surface area contributed by atoms with E-state index in [4.69, 9.17) is 9.47 Å². The molecule has 0 spiro atoms. The van der Waals surface area contributed by atoms with Crippen molar-refractivity contribution in [2.75, 3.05) is 20.8 Å². The van der Waals surface area contributed by atoms with Gasteiger partial charge in [-0.25, -0.2) is 19.6 Å². The number of alkyl carbamates (subject to hydrolysis) is 1. The van der Waals surface area contributed by atoms with Crippen LogP contribution in [0, 0.1) is 17.8 Å². The Balaban J connectivity index is 1.21. The molecule has 0 radical (unpaired) electrons. The lowest BCUT2D eigenvalue weighted by molar-refractivity contribution is -0.135. The third-order valence-electron chi connectivity index (χ3n) is 11.3. The summed E-state index contributed by atoms with van der Waals surface area (Å²) >= 11 is 0. The molecule has 6 atom stereocenters. The van der Waals surface area contributed by atoms with Gasteiger partial charge in [-0.1, -0.05) is 75.2 Å². The minimum atomic E-state index is -0.685. The molecule has 2 fully saturated rings. The number of imidazole rings is 1. The minimum absolute atomic E-state index is 0.0411. The van der Waals surface area contributed by atoms with E-state index in [0.717, 1.165) is 72.3 Å². The van der Waals surface area contributed by atoms with E-state index in [1.165, 1.54) is 14.2 Å². The zero-order chi connectivity index (χ0) is 39.8. The number of ether oxygens (including phenoxy) is 2. The van der Waals surface area contributed by atoms with Crippen molar-refractivity contribution in [3.63, 3.8) is 0 Å². The van der Waals surface area contributed by atoms with Gasteiger partial charge in [-0.2, -0.15) is 0 Å². The maximum atomic E-state index is 13.7. The van der Waals surface area contributed by atoms with Gasteiger partial charge in [0.25, 0.3) is 0 Å². The SMILES string of the molecule is COC(=O)N[C@H](C(=O)N1CCC[C@H]1c1ncc(-c2ccc(-c3ccc([C@@H](C)NC(=O)[C@H]4CCCCC4[C@H](C)N(NC(=O)OC)C(C)C)cc3)cc2)[nH]1)C(C)C. The zero-order valence-electron chi connectivity index (χ0n) is 33.6. The van der Waals surface area contributed by atoms with E-state index in [0.29, 0.717) is 6.54 Å². The summed E-state index contributed by atoms with van der Waals surface area (Å²) in [5, 5.41) is 7.89. The molecule has 2 heterocycles. The molecular weight excluding hydrogens is 699 g/mol. The fourth-order valence-electron chi connectivity index (χ4n) is 8.18. The lowest BCUT2D eigenvalue weighted by Gasteiger charge is -2.42. The van der Waals surface area contributed by atoms with Crippen LogP contribution in [0.4, 0.5) is 9.59 Å². The van der Waals surface area contributed by atoms with Crippen molar-refractivity contribution in [1.82, 2.24) is 35.9 Å². The highest BCUT2D eigenvalue weighted by molar-refractivity contribution is 5.86. The maximum absolute atomic E-state index is 13.7. The van der Waals surface area contributed by atoms with Crippen molar-refractivity contribution in [2.24, 2.45) is 17.8 Å². The fourth-order valence-corrected chi connectivity index (χ4v) is 8.18. The smallest absolute Gasteiger partial charge is 0.421 e. The van der Waals surface area contributed by atoms with Gasteiger partial charge >= 0.3 is 12.2 Å². The van der Waals surface area contributed by atoms with Crippen LogP contribution in [-0.4, -0.2) is 82.8 Å². The normalized spacial score (nSPS) is 20.2. The number of aromatic amines is 1. The number of aromatic nitrogens is 2. The summed E-state index contributed by atoms with van der Waals surface area (Å²) in [4.78, 5) is 61.2. The molecule has 2 aromatic carbocycles. The molecule has 4 N–H and O–H groups in total. The number of hydrogen-bond donors (Lipinski definition) is 4. The van der Waals surface area contributed by atoms with Gasteiger partial charge in [-0.3, -0.25) is 15.0 Å². The number of nitrogens with one attached hydrogen (secondary N) is 4. The molecule has 13 nitrogen and oxygen atoms in total. The number of hydrazine groups is 1. The lowest BCUT2D eigenvalue weighted by Crippen LogP contribution is -2.56. The number of amides is 4. The van der Waals surface area contributed by atoms with Crippen LogP contribution in [0.15, 0.2) is 54.7 Å². The number of nitrogens with zero attached hydrogens (tertiary/aromatic N) is 3. The van der Waals surface area contributed by atoms with Gasteiger partial charge in [0, 0.05) is 24.5 Å². The highest BCUT2D eigenvalue weighted by Gasteiger charge is 2.39. The van der Waals surface area contributed by atoms with E-state index >= 15 is 0 Å². The van der Waals surface area contributed by atoms with Gasteiger partial charge in [0.15, 0.2) is 0 Å². The standard InChI is InChI=1S/C42H59N7O6/c1-25(2)37(46-41(52)54-7)40(51)48-23-11-14-36(48)38-43-24-35(45-38)32-21-19-31(20-22-32)30-17-15-29(16-18-30)27(5)44-39(50)34-13-10-9-12-33(34)28(6)49(26(3)4)47-42(53)55-8/h15-22,24-28,33-34,36-37H,9-14,23H2,1-8H3,(H,43,45)(H,44,50)(H,46,52)(H,47,53)/t27-,28+,33?,34+,36+,37+/m1/s1. The van der Waals surface area contributed by atoms with Gasteiger partial charge in [0.2, 0.25) is 11.8 Å². The predicted molar refractivity (Wildman–Crippen MR) is 211 cm³/mol. The first kappa shape index (κ1) is 41.3. The largest absolute Gasteiger partial charge is 0.453 e. The Hall–Kier alpha value is -4.91. The molecule has 4 amide bonds. The van der Waals surface area contributed by atoms with E-state index in [-0.39, 0.29) is 53.7 Å². The Bertz CT molecular complexity index is 1760. The second kappa shape index (κ2) is 18.6. The maximum Gasteiger partial charge on any atom is 0.421 e. The van der Waals surface area contributed by atoms with E-state index in [9.17, 15) is 19.2 Å². The molecule has 55 heavy (non-hydrogen) atoms. The Kier molecular flexibility index (Phi) is 14.0.